The maximum Gasteiger partial charge on any atom is 0.218 e. The highest BCUT2D eigenvalue weighted by atomic mass is 35.5. The van der Waals surface area contributed by atoms with Gasteiger partial charge < -0.3 is 4.90 Å². The Morgan fingerprint density at radius 1 is 0.960 bits per heavy atom. The minimum absolute atomic E-state index is 0.0185. The van der Waals surface area contributed by atoms with E-state index < -0.39 is 10.0 Å². The molecular formula is C17H19Cl2N3O2S. The zero-order valence-corrected chi connectivity index (χ0v) is 15.9. The molecule has 2 aromatic rings. The van der Waals surface area contributed by atoms with Gasteiger partial charge in [-0.15, -0.1) is 0 Å². The van der Waals surface area contributed by atoms with Crippen LogP contribution in [0.2, 0.25) is 10.0 Å². The number of hydrogen-bond acceptors (Lipinski definition) is 4. The van der Waals surface area contributed by atoms with Crippen LogP contribution in [0.1, 0.15) is 12.0 Å². The molecule has 0 bridgehead atoms. The van der Waals surface area contributed by atoms with Crippen LogP contribution in [0.3, 0.4) is 0 Å². The van der Waals surface area contributed by atoms with Crippen molar-refractivity contribution in [2.24, 2.45) is 0 Å². The second-order valence-electron chi connectivity index (χ2n) is 5.93. The second kappa shape index (κ2) is 7.91. The van der Waals surface area contributed by atoms with Gasteiger partial charge in [-0.2, -0.15) is 4.31 Å². The minimum atomic E-state index is -3.36. The van der Waals surface area contributed by atoms with Gasteiger partial charge in [-0.25, -0.2) is 8.42 Å². The average molecular weight is 400 g/mol. The summed E-state index contributed by atoms with van der Waals surface area (Å²) in [6, 6.07) is 9.24. The Hall–Kier alpha value is -1.34. The highest BCUT2D eigenvalue weighted by Gasteiger charge is 2.26. The quantitative estimate of drug-likeness (QED) is 0.789. The molecule has 0 amide bonds. The van der Waals surface area contributed by atoms with Gasteiger partial charge in [0.1, 0.15) is 0 Å². The molecule has 0 N–H and O–H groups in total. The van der Waals surface area contributed by atoms with Crippen LogP contribution >= 0.6 is 23.2 Å². The third-order valence-electron chi connectivity index (χ3n) is 4.18. The van der Waals surface area contributed by atoms with Gasteiger partial charge in [0.2, 0.25) is 10.0 Å². The Morgan fingerprint density at radius 2 is 1.64 bits per heavy atom. The first-order chi connectivity index (χ1) is 12.0. The van der Waals surface area contributed by atoms with Crippen molar-refractivity contribution in [1.29, 1.82) is 0 Å². The molecule has 0 radical (unpaired) electrons. The number of halogens is 2. The highest BCUT2D eigenvalue weighted by molar-refractivity contribution is 7.88. The first-order valence-corrected chi connectivity index (χ1v) is 10.4. The molecule has 0 unspecified atom stereocenters. The topological polar surface area (TPSA) is 53.5 Å². The van der Waals surface area contributed by atoms with Crippen LogP contribution in [0.25, 0.3) is 0 Å². The molecule has 2 heterocycles. The SMILES string of the molecule is O=S(=O)(Cc1ccccc1)N1CCCN(c2c(Cl)cncc2Cl)CC1. The number of rotatable bonds is 4. The summed E-state index contributed by atoms with van der Waals surface area (Å²) in [5.41, 5.74) is 1.52. The van der Waals surface area contributed by atoms with Crippen LogP contribution in [-0.2, 0) is 15.8 Å². The van der Waals surface area contributed by atoms with Gasteiger partial charge in [0, 0.05) is 38.6 Å². The maximum absolute atomic E-state index is 12.7. The van der Waals surface area contributed by atoms with Crippen LogP contribution in [0.15, 0.2) is 42.7 Å². The van der Waals surface area contributed by atoms with E-state index in [4.69, 9.17) is 23.2 Å². The summed E-state index contributed by atoms with van der Waals surface area (Å²) in [6.45, 7) is 2.13. The van der Waals surface area contributed by atoms with Crippen molar-refractivity contribution >= 4 is 38.9 Å². The van der Waals surface area contributed by atoms with Gasteiger partial charge in [-0.3, -0.25) is 4.98 Å². The number of nitrogens with zero attached hydrogens (tertiary/aromatic N) is 3. The Bertz CT molecular complexity index is 811. The predicted molar refractivity (Wildman–Crippen MR) is 102 cm³/mol. The number of sulfonamides is 1. The fourth-order valence-corrected chi connectivity index (χ4v) is 5.15. The highest BCUT2D eigenvalue weighted by Crippen LogP contribution is 2.33. The molecule has 25 heavy (non-hydrogen) atoms. The van der Waals surface area contributed by atoms with E-state index in [1.807, 2.05) is 35.2 Å². The van der Waals surface area contributed by atoms with E-state index in [1.165, 1.54) is 0 Å². The van der Waals surface area contributed by atoms with Crippen LogP contribution in [0.4, 0.5) is 5.69 Å². The average Bonchev–Trinajstić information content (AvgIpc) is 2.82. The van der Waals surface area contributed by atoms with Crippen molar-refractivity contribution in [2.75, 3.05) is 31.1 Å². The van der Waals surface area contributed by atoms with Gasteiger partial charge in [0.05, 0.1) is 21.5 Å². The summed E-state index contributed by atoms with van der Waals surface area (Å²) in [5, 5.41) is 0.959. The second-order valence-corrected chi connectivity index (χ2v) is 8.72. The summed E-state index contributed by atoms with van der Waals surface area (Å²) in [7, 11) is -3.36. The van der Waals surface area contributed by atoms with Gasteiger partial charge in [-0.05, 0) is 12.0 Å². The van der Waals surface area contributed by atoms with Crippen molar-refractivity contribution in [3.05, 3.63) is 58.3 Å². The van der Waals surface area contributed by atoms with Gasteiger partial charge >= 0.3 is 0 Å². The van der Waals surface area contributed by atoms with Gasteiger partial charge in [0.15, 0.2) is 0 Å². The number of hydrogen-bond donors (Lipinski definition) is 0. The summed E-state index contributed by atoms with van der Waals surface area (Å²) in [4.78, 5) is 6.00. The lowest BCUT2D eigenvalue weighted by Crippen LogP contribution is -2.36. The van der Waals surface area contributed by atoms with Gasteiger partial charge in [-0.1, -0.05) is 53.5 Å². The Balaban J connectivity index is 1.73. The van der Waals surface area contributed by atoms with E-state index >= 15 is 0 Å². The lowest BCUT2D eigenvalue weighted by molar-refractivity contribution is 0.432. The third-order valence-corrected chi connectivity index (χ3v) is 6.59. The molecule has 0 aliphatic carbocycles. The molecule has 5 nitrogen and oxygen atoms in total. The summed E-state index contributed by atoms with van der Waals surface area (Å²) in [6.07, 6.45) is 3.82. The van der Waals surface area contributed by atoms with E-state index in [1.54, 1.807) is 16.7 Å². The van der Waals surface area contributed by atoms with Crippen LogP contribution in [-0.4, -0.2) is 43.9 Å². The molecule has 1 aromatic heterocycles. The molecule has 0 atom stereocenters. The van der Waals surface area contributed by atoms with Crippen LogP contribution in [0, 0.1) is 0 Å². The fourth-order valence-electron chi connectivity index (χ4n) is 2.98. The van der Waals surface area contributed by atoms with E-state index in [0.29, 0.717) is 42.6 Å². The smallest absolute Gasteiger partial charge is 0.218 e. The third kappa shape index (κ3) is 4.44. The van der Waals surface area contributed by atoms with Gasteiger partial charge in [0.25, 0.3) is 0 Å². The largest absolute Gasteiger partial charge is 0.368 e. The molecule has 1 aliphatic heterocycles. The number of benzene rings is 1. The lowest BCUT2D eigenvalue weighted by Gasteiger charge is -2.25. The van der Waals surface area contributed by atoms with Crippen molar-refractivity contribution in [2.45, 2.75) is 12.2 Å². The Kier molecular flexibility index (Phi) is 5.84. The molecular weight excluding hydrogens is 381 g/mol. The van der Waals surface area contributed by atoms with Crippen LogP contribution in [0.5, 0.6) is 0 Å². The lowest BCUT2D eigenvalue weighted by atomic mass is 10.2. The first-order valence-electron chi connectivity index (χ1n) is 8.03. The van der Waals surface area contributed by atoms with Crippen LogP contribution < -0.4 is 4.90 Å². The fraction of sp³-hybridized carbons (Fsp3) is 0.353. The van der Waals surface area contributed by atoms with E-state index in [9.17, 15) is 8.42 Å². The predicted octanol–water partition coefficient (Wildman–Crippen LogP) is 3.43. The van der Waals surface area contributed by atoms with Crippen molar-refractivity contribution in [3.8, 4) is 0 Å². The normalized spacial score (nSPS) is 16.6. The number of pyridine rings is 1. The monoisotopic (exact) mass is 399 g/mol. The number of anilines is 1. The minimum Gasteiger partial charge on any atom is -0.368 e. The van der Waals surface area contributed by atoms with Crippen molar-refractivity contribution < 1.29 is 8.42 Å². The molecule has 1 fully saturated rings. The molecule has 1 saturated heterocycles. The molecule has 134 valence electrons. The Morgan fingerprint density at radius 3 is 2.32 bits per heavy atom. The molecule has 8 heteroatoms. The van der Waals surface area contributed by atoms with E-state index in [2.05, 4.69) is 4.98 Å². The first kappa shape index (κ1) is 18.5. The van der Waals surface area contributed by atoms with Crippen molar-refractivity contribution in [3.63, 3.8) is 0 Å². The molecule has 1 aliphatic rings. The molecule has 3 rings (SSSR count). The molecule has 1 aromatic carbocycles. The summed E-state index contributed by atoms with van der Waals surface area (Å²) < 4.78 is 27.0. The maximum atomic E-state index is 12.7. The molecule has 0 saturated carbocycles. The number of aromatic nitrogens is 1. The van der Waals surface area contributed by atoms with E-state index in [-0.39, 0.29) is 5.75 Å². The summed E-state index contributed by atoms with van der Waals surface area (Å²) in [5.74, 6) is 0.0185. The standard InChI is InChI=1S/C17H19Cl2N3O2S/c18-15-11-20-12-16(19)17(15)21-7-4-8-22(10-9-21)25(23,24)13-14-5-2-1-3-6-14/h1-3,5-6,11-12H,4,7-10,13H2. The summed E-state index contributed by atoms with van der Waals surface area (Å²) >= 11 is 12.5. The zero-order valence-electron chi connectivity index (χ0n) is 13.6. The zero-order chi connectivity index (χ0) is 17.9. The van der Waals surface area contributed by atoms with E-state index in [0.717, 1.165) is 11.3 Å². The molecule has 0 spiro atoms. The Labute approximate surface area is 158 Å². The van der Waals surface area contributed by atoms with Crippen molar-refractivity contribution in [1.82, 2.24) is 9.29 Å².